The average Bonchev–Trinajstić information content (AvgIpc) is 2.47. The van der Waals surface area contributed by atoms with Crippen molar-refractivity contribution in [2.75, 3.05) is 4.90 Å². The fourth-order valence-electron chi connectivity index (χ4n) is 2.24. The average molecular weight is 253 g/mol. The Morgan fingerprint density at radius 3 is 2.44 bits per heavy atom. The number of hydrogen-bond donors (Lipinski definition) is 0. The van der Waals surface area contributed by atoms with Crippen LogP contribution in [-0.2, 0) is 15.5 Å². The van der Waals surface area contributed by atoms with Crippen molar-refractivity contribution >= 4 is 17.5 Å². The van der Waals surface area contributed by atoms with E-state index in [0.717, 1.165) is 6.92 Å². The number of carbonyl (C=O) groups excluding carboxylic acids is 2. The third-order valence-corrected chi connectivity index (χ3v) is 3.04. The van der Waals surface area contributed by atoms with E-state index in [9.17, 15) is 18.4 Å². The SMILES string of the molecule is CC(=O)N1C(=O)C(F)(F)c2c(C(C)C)cccc21. The lowest BCUT2D eigenvalue weighted by molar-refractivity contribution is -0.143. The summed E-state index contributed by atoms with van der Waals surface area (Å²) in [5.41, 5.74) is 0.0681. The molecule has 0 spiro atoms. The molecule has 2 rings (SSSR count). The Morgan fingerprint density at radius 2 is 1.94 bits per heavy atom. The number of hydrogen-bond acceptors (Lipinski definition) is 2. The van der Waals surface area contributed by atoms with Crippen molar-refractivity contribution in [3.8, 4) is 0 Å². The molecule has 96 valence electrons. The van der Waals surface area contributed by atoms with Crippen LogP contribution in [0, 0.1) is 0 Å². The third kappa shape index (κ3) is 1.54. The number of carbonyl (C=O) groups is 2. The van der Waals surface area contributed by atoms with Gasteiger partial charge in [-0.1, -0.05) is 26.0 Å². The van der Waals surface area contributed by atoms with Crippen LogP contribution in [0.5, 0.6) is 0 Å². The maximum absolute atomic E-state index is 14.0. The summed E-state index contributed by atoms with van der Waals surface area (Å²) in [5, 5.41) is 0. The van der Waals surface area contributed by atoms with Gasteiger partial charge in [0.15, 0.2) is 0 Å². The Bertz CT molecular complexity index is 538. The maximum Gasteiger partial charge on any atom is 0.353 e. The molecule has 1 aromatic rings. The van der Waals surface area contributed by atoms with Gasteiger partial charge in [0.05, 0.1) is 11.3 Å². The first kappa shape index (κ1) is 12.7. The Morgan fingerprint density at radius 1 is 1.33 bits per heavy atom. The number of benzene rings is 1. The van der Waals surface area contributed by atoms with Crippen LogP contribution in [0.3, 0.4) is 0 Å². The van der Waals surface area contributed by atoms with E-state index < -0.39 is 17.7 Å². The maximum atomic E-state index is 14.0. The highest BCUT2D eigenvalue weighted by Crippen LogP contribution is 2.47. The van der Waals surface area contributed by atoms with Crippen LogP contribution >= 0.6 is 0 Å². The summed E-state index contributed by atoms with van der Waals surface area (Å²) < 4.78 is 28.0. The van der Waals surface area contributed by atoms with E-state index in [4.69, 9.17) is 0 Å². The van der Waals surface area contributed by atoms with Gasteiger partial charge in [0.2, 0.25) is 5.91 Å². The minimum absolute atomic E-state index is 0.00343. The van der Waals surface area contributed by atoms with E-state index in [-0.39, 0.29) is 17.2 Å². The summed E-state index contributed by atoms with van der Waals surface area (Å²) >= 11 is 0. The van der Waals surface area contributed by atoms with Crippen LogP contribution in [0.15, 0.2) is 18.2 Å². The molecule has 5 heteroatoms. The van der Waals surface area contributed by atoms with Crippen LogP contribution in [0.4, 0.5) is 14.5 Å². The van der Waals surface area contributed by atoms with E-state index in [0.29, 0.717) is 10.5 Å². The normalized spacial score (nSPS) is 17.2. The van der Waals surface area contributed by atoms with E-state index in [1.54, 1.807) is 26.0 Å². The molecule has 1 heterocycles. The van der Waals surface area contributed by atoms with Crippen molar-refractivity contribution in [1.82, 2.24) is 0 Å². The highest BCUT2D eigenvalue weighted by atomic mass is 19.3. The summed E-state index contributed by atoms with van der Waals surface area (Å²) in [6.07, 6.45) is 0. The molecule has 1 aliphatic heterocycles. The molecular weight excluding hydrogens is 240 g/mol. The Hall–Kier alpha value is -1.78. The molecule has 3 nitrogen and oxygen atoms in total. The number of amides is 2. The monoisotopic (exact) mass is 253 g/mol. The zero-order valence-electron chi connectivity index (χ0n) is 10.3. The highest BCUT2D eigenvalue weighted by Gasteiger charge is 2.55. The van der Waals surface area contributed by atoms with Crippen molar-refractivity contribution in [2.24, 2.45) is 0 Å². The van der Waals surface area contributed by atoms with Gasteiger partial charge in [-0.3, -0.25) is 9.59 Å². The third-order valence-electron chi connectivity index (χ3n) is 3.04. The zero-order chi connectivity index (χ0) is 13.7. The molecule has 0 saturated heterocycles. The van der Waals surface area contributed by atoms with Crippen LogP contribution in [0.1, 0.15) is 37.8 Å². The summed E-state index contributed by atoms with van der Waals surface area (Å²) in [4.78, 5) is 23.6. The molecule has 1 aliphatic rings. The molecule has 0 bridgehead atoms. The van der Waals surface area contributed by atoms with Gasteiger partial charge >= 0.3 is 11.8 Å². The minimum atomic E-state index is -3.62. The second-order valence-corrected chi connectivity index (χ2v) is 4.63. The van der Waals surface area contributed by atoms with Gasteiger partial charge in [-0.15, -0.1) is 0 Å². The van der Waals surface area contributed by atoms with Crippen molar-refractivity contribution in [3.63, 3.8) is 0 Å². The second kappa shape index (κ2) is 3.86. The molecule has 18 heavy (non-hydrogen) atoms. The lowest BCUT2D eigenvalue weighted by Gasteiger charge is -2.14. The van der Waals surface area contributed by atoms with Gasteiger partial charge in [-0.25, -0.2) is 4.90 Å². The predicted octanol–water partition coefficient (Wildman–Crippen LogP) is 2.79. The molecule has 0 aliphatic carbocycles. The van der Waals surface area contributed by atoms with Gasteiger partial charge in [0.25, 0.3) is 0 Å². The van der Waals surface area contributed by atoms with Crippen LogP contribution in [0.2, 0.25) is 0 Å². The summed E-state index contributed by atoms with van der Waals surface area (Å²) in [7, 11) is 0. The largest absolute Gasteiger partial charge is 0.353 e. The van der Waals surface area contributed by atoms with Crippen molar-refractivity contribution < 1.29 is 18.4 Å². The molecule has 0 radical (unpaired) electrons. The number of alkyl halides is 2. The van der Waals surface area contributed by atoms with Gasteiger partial charge < -0.3 is 0 Å². The molecule has 0 N–H and O–H groups in total. The van der Waals surface area contributed by atoms with Crippen molar-refractivity contribution in [1.29, 1.82) is 0 Å². The Balaban J connectivity index is 2.75. The molecule has 0 saturated carbocycles. The topological polar surface area (TPSA) is 37.4 Å². The Labute approximate surface area is 103 Å². The van der Waals surface area contributed by atoms with Crippen LogP contribution in [-0.4, -0.2) is 11.8 Å². The molecule has 2 amide bonds. The van der Waals surface area contributed by atoms with E-state index in [1.165, 1.54) is 6.07 Å². The van der Waals surface area contributed by atoms with Crippen molar-refractivity contribution in [2.45, 2.75) is 32.6 Å². The number of halogens is 2. The van der Waals surface area contributed by atoms with Gasteiger partial charge in [0, 0.05) is 6.92 Å². The quantitative estimate of drug-likeness (QED) is 0.771. The molecule has 0 fully saturated rings. The molecule has 0 aromatic heterocycles. The van der Waals surface area contributed by atoms with E-state index in [1.807, 2.05) is 0 Å². The lowest BCUT2D eigenvalue weighted by atomic mass is 9.94. The molecule has 1 aromatic carbocycles. The Kier molecular flexibility index (Phi) is 2.72. The minimum Gasteiger partial charge on any atom is -0.274 e. The van der Waals surface area contributed by atoms with Gasteiger partial charge in [-0.05, 0) is 17.5 Å². The fourth-order valence-corrected chi connectivity index (χ4v) is 2.24. The molecular formula is C13H13F2NO2. The zero-order valence-corrected chi connectivity index (χ0v) is 10.3. The summed E-state index contributed by atoms with van der Waals surface area (Å²) in [6.45, 7) is 4.64. The predicted molar refractivity (Wildman–Crippen MR) is 62.6 cm³/mol. The lowest BCUT2D eigenvalue weighted by Crippen LogP contribution is -2.37. The smallest absolute Gasteiger partial charge is 0.274 e. The second-order valence-electron chi connectivity index (χ2n) is 4.63. The summed E-state index contributed by atoms with van der Waals surface area (Å²) in [6, 6.07) is 4.52. The first-order valence-electron chi connectivity index (χ1n) is 5.64. The van der Waals surface area contributed by atoms with E-state index in [2.05, 4.69) is 0 Å². The standard InChI is InChI=1S/C13H13F2NO2/c1-7(2)9-5-4-6-10-11(9)13(14,15)12(18)16(10)8(3)17/h4-7H,1-3H3. The highest BCUT2D eigenvalue weighted by molar-refractivity contribution is 6.21. The number of fused-ring (bicyclic) bond motifs is 1. The molecule has 0 unspecified atom stereocenters. The van der Waals surface area contributed by atoms with Gasteiger partial charge in [0.1, 0.15) is 0 Å². The fraction of sp³-hybridized carbons (Fsp3) is 0.385. The summed E-state index contributed by atoms with van der Waals surface area (Å²) in [5.74, 6) is -5.93. The number of nitrogens with zero attached hydrogens (tertiary/aromatic N) is 1. The van der Waals surface area contributed by atoms with Crippen LogP contribution in [0.25, 0.3) is 0 Å². The first-order valence-corrected chi connectivity index (χ1v) is 5.64. The number of imide groups is 1. The first-order chi connectivity index (χ1) is 8.28. The van der Waals surface area contributed by atoms with Crippen molar-refractivity contribution in [3.05, 3.63) is 29.3 Å². The molecule has 0 atom stereocenters. The number of rotatable bonds is 1. The van der Waals surface area contributed by atoms with E-state index >= 15 is 0 Å². The van der Waals surface area contributed by atoms with Crippen LogP contribution < -0.4 is 4.90 Å². The van der Waals surface area contributed by atoms with Gasteiger partial charge in [-0.2, -0.15) is 8.78 Å². The number of anilines is 1.